The number of hydrogen-bond acceptors (Lipinski definition) is 5. The molecule has 0 heterocycles. The van der Waals surface area contributed by atoms with Crippen LogP contribution in [0.5, 0.6) is 17.2 Å². The number of nitrogens with one attached hydrogen (secondary N) is 1. The molecule has 2 aromatic carbocycles. The number of hydrogen-bond donors (Lipinski definition) is 2. The molecule has 2 aromatic rings. The van der Waals surface area contributed by atoms with Gasteiger partial charge in [-0.15, -0.1) is 0 Å². The van der Waals surface area contributed by atoms with Gasteiger partial charge in [0.1, 0.15) is 5.75 Å². The first-order valence-electron chi connectivity index (χ1n) is 8.16. The van der Waals surface area contributed by atoms with Gasteiger partial charge in [-0.3, -0.25) is 4.79 Å². The van der Waals surface area contributed by atoms with Gasteiger partial charge in [0.05, 0.1) is 19.4 Å². The maximum Gasteiger partial charge on any atom is 0.271 e. The highest BCUT2D eigenvalue weighted by Gasteiger charge is 2.06. The average Bonchev–Trinajstić information content (AvgIpc) is 2.62. The molecule has 0 saturated carbocycles. The maximum absolute atomic E-state index is 11.9. The van der Waals surface area contributed by atoms with Gasteiger partial charge in [0, 0.05) is 5.56 Å². The lowest BCUT2D eigenvalue weighted by Gasteiger charge is -2.11. The molecule has 0 atom stereocenters. The van der Waals surface area contributed by atoms with Crippen LogP contribution >= 0.6 is 0 Å². The number of carbonyl (C=O) groups is 1. The molecule has 2 N–H and O–H groups in total. The number of benzene rings is 2. The van der Waals surface area contributed by atoms with Crippen molar-refractivity contribution in [2.24, 2.45) is 5.10 Å². The molecule has 0 radical (unpaired) electrons. The van der Waals surface area contributed by atoms with Crippen LogP contribution in [0.3, 0.4) is 0 Å². The van der Waals surface area contributed by atoms with E-state index < -0.39 is 0 Å². The molecule has 132 valence electrons. The first-order valence-corrected chi connectivity index (χ1v) is 8.16. The Morgan fingerprint density at radius 1 is 1.12 bits per heavy atom. The molecule has 0 unspecified atom stereocenters. The molecule has 0 aliphatic rings. The number of amides is 1. The Hall–Kier alpha value is -3.02. The van der Waals surface area contributed by atoms with E-state index >= 15 is 0 Å². The second kappa shape index (κ2) is 9.32. The van der Waals surface area contributed by atoms with Crippen molar-refractivity contribution >= 4 is 12.1 Å². The van der Waals surface area contributed by atoms with Gasteiger partial charge in [0.15, 0.2) is 11.5 Å². The highest BCUT2D eigenvalue weighted by Crippen LogP contribution is 2.28. The van der Waals surface area contributed by atoms with Crippen molar-refractivity contribution < 1.29 is 19.4 Å². The molecule has 1 amide bonds. The lowest BCUT2D eigenvalue weighted by atomic mass is 10.2. The Morgan fingerprint density at radius 2 is 1.88 bits per heavy atom. The molecule has 0 bridgehead atoms. The van der Waals surface area contributed by atoms with E-state index in [1.165, 1.54) is 30.5 Å². The van der Waals surface area contributed by atoms with Gasteiger partial charge >= 0.3 is 0 Å². The monoisotopic (exact) mass is 342 g/mol. The van der Waals surface area contributed by atoms with Gasteiger partial charge in [-0.2, -0.15) is 5.10 Å². The van der Waals surface area contributed by atoms with E-state index in [4.69, 9.17) is 9.47 Å². The van der Waals surface area contributed by atoms with Gasteiger partial charge in [0.25, 0.3) is 5.91 Å². The zero-order valence-electron chi connectivity index (χ0n) is 14.4. The summed E-state index contributed by atoms with van der Waals surface area (Å²) in [7, 11) is 0. The second-order valence-corrected chi connectivity index (χ2v) is 5.23. The quantitative estimate of drug-likeness (QED) is 0.569. The highest BCUT2D eigenvalue weighted by molar-refractivity contribution is 5.95. The molecule has 0 aliphatic heterocycles. The van der Waals surface area contributed by atoms with Gasteiger partial charge in [-0.25, -0.2) is 5.43 Å². The zero-order valence-corrected chi connectivity index (χ0v) is 14.4. The SMILES string of the molecule is CCCOc1ccc(/C=N\NC(=O)c2ccc(O)cc2)cc1OCC. The highest BCUT2D eigenvalue weighted by atomic mass is 16.5. The van der Waals surface area contributed by atoms with E-state index in [-0.39, 0.29) is 11.7 Å². The normalized spacial score (nSPS) is 10.6. The largest absolute Gasteiger partial charge is 0.508 e. The van der Waals surface area contributed by atoms with E-state index in [2.05, 4.69) is 10.5 Å². The third-order valence-electron chi connectivity index (χ3n) is 3.24. The van der Waals surface area contributed by atoms with E-state index in [1.807, 2.05) is 32.0 Å². The summed E-state index contributed by atoms with van der Waals surface area (Å²) in [6.45, 7) is 5.09. The van der Waals surface area contributed by atoms with Gasteiger partial charge in [-0.1, -0.05) is 6.92 Å². The average molecular weight is 342 g/mol. The lowest BCUT2D eigenvalue weighted by Crippen LogP contribution is -2.17. The van der Waals surface area contributed by atoms with E-state index in [1.54, 1.807) is 0 Å². The Kier molecular flexibility index (Phi) is 6.83. The summed E-state index contributed by atoms with van der Waals surface area (Å²) in [5, 5.41) is 13.2. The van der Waals surface area contributed by atoms with E-state index in [0.29, 0.717) is 30.3 Å². The van der Waals surface area contributed by atoms with Crippen molar-refractivity contribution in [3.63, 3.8) is 0 Å². The van der Waals surface area contributed by atoms with Crippen molar-refractivity contribution in [3.05, 3.63) is 53.6 Å². The number of phenols is 1. The first kappa shape index (κ1) is 18.3. The summed E-state index contributed by atoms with van der Waals surface area (Å²) in [5.74, 6) is 1.08. The molecule has 0 saturated heterocycles. The van der Waals surface area contributed by atoms with Crippen molar-refractivity contribution in [1.29, 1.82) is 0 Å². The third kappa shape index (κ3) is 5.53. The molecule has 25 heavy (non-hydrogen) atoms. The molecule has 0 aromatic heterocycles. The number of ether oxygens (including phenoxy) is 2. The summed E-state index contributed by atoms with van der Waals surface area (Å²) in [5.41, 5.74) is 3.63. The molecule has 6 nitrogen and oxygen atoms in total. The van der Waals surface area contributed by atoms with Crippen LogP contribution in [0.1, 0.15) is 36.2 Å². The molecule has 0 spiro atoms. The minimum Gasteiger partial charge on any atom is -0.508 e. The van der Waals surface area contributed by atoms with Crippen molar-refractivity contribution in [2.45, 2.75) is 20.3 Å². The second-order valence-electron chi connectivity index (χ2n) is 5.23. The standard InChI is InChI=1S/C19H22N2O4/c1-3-11-25-17-10-5-14(12-18(17)24-4-2)13-20-21-19(23)15-6-8-16(22)9-7-15/h5-10,12-13,22H,3-4,11H2,1-2H3,(H,21,23)/b20-13-. The summed E-state index contributed by atoms with van der Waals surface area (Å²) < 4.78 is 11.2. The van der Waals surface area contributed by atoms with Crippen LogP contribution in [0.4, 0.5) is 0 Å². The maximum atomic E-state index is 11.9. The Balaban J connectivity index is 2.03. The van der Waals surface area contributed by atoms with Crippen LogP contribution in [0.15, 0.2) is 47.6 Å². The molecule has 2 rings (SSSR count). The van der Waals surface area contributed by atoms with Crippen molar-refractivity contribution in [3.8, 4) is 17.2 Å². The summed E-state index contributed by atoms with van der Waals surface area (Å²) in [6, 6.07) is 11.4. The van der Waals surface area contributed by atoms with E-state index in [9.17, 15) is 9.90 Å². The van der Waals surface area contributed by atoms with Gasteiger partial charge in [-0.05, 0) is 61.4 Å². The predicted octanol–water partition coefficient (Wildman–Crippen LogP) is 3.34. The van der Waals surface area contributed by atoms with Crippen LogP contribution in [-0.2, 0) is 0 Å². The molecular weight excluding hydrogens is 320 g/mol. The molecule has 6 heteroatoms. The Labute approximate surface area is 147 Å². The fourth-order valence-corrected chi connectivity index (χ4v) is 2.05. The molecule has 0 fully saturated rings. The Bertz CT molecular complexity index is 727. The number of nitrogens with zero attached hydrogens (tertiary/aromatic N) is 1. The van der Waals surface area contributed by atoms with Crippen LogP contribution in [0.2, 0.25) is 0 Å². The lowest BCUT2D eigenvalue weighted by molar-refractivity contribution is 0.0955. The minimum absolute atomic E-state index is 0.105. The minimum atomic E-state index is -0.357. The van der Waals surface area contributed by atoms with Gasteiger partial charge < -0.3 is 14.6 Å². The van der Waals surface area contributed by atoms with Crippen molar-refractivity contribution in [1.82, 2.24) is 5.43 Å². The zero-order chi connectivity index (χ0) is 18.1. The fraction of sp³-hybridized carbons (Fsp3) is 0.263. The summed E-state index contributed by atoms with van der Waals surface area (Å²) in [6.07, 6.45) is 2.45. The first-order chi connectivity index (χ1) is 12.1. The van der Waals surface area contributed by atoms with Gasteiger partial charge in [0.2, 0.25) is 0 Å². The number of aromatic hydroxyl groups is 1. The van der Waals surface area contributed by atoms with Crippen LogP contribution in [-0.4, -0.2) is 30.4 Å². The smallest absolute Gasteiger partial charge is 0.271 e. The van der Waals surface area contributed by atoms with Crippen LogP contribution in [0, 0.1) is 0 Å². The predicted molar refractivity (Wildman–Crippen MR) is 96.6 cm³/mol. The third-order valence-corrected chi connectivity index (χ3v) is 3.24. The number of carbonyl (C=O) groups excluding carboxylic acids is 1. The Morgan fingerprint density at radius 3 is 2.56 bits per heavy atom. The number of hydrazone groups is 1. The fourth-order valence-electron chi connectivity index (χ4n) is 2.05. The summed E-state index contributed by atoms with van der Waals surface area (Å²) >= 11 is 0. The molecular formula is C19H22N2O4. The topological polar surface area (TPSA) is 80.2 Å². The number of phenolic OH excluding ortho intramolecular Hbond substituents is 1. The van der Waals surface area contributed by atoms with Crippen LogP contribution in [0.25, 0.3) is 0 Å². The van der Waals surface area contributed by atoms with Crippen molar-refractivity contribution in [2.75, 3.05) is 13.2 Å². The number of rotatable bonds is 8. The summed E-state index contributed by atoms with van der Waals surface area (Å²) in [4.78, 5) is 11.9. The van der Waals surface area contributed by atoms with E-state index in [0.717, 1.165) is 12.0 Å². The van der Waals surface area contributed by atoms with Crippen LogP contribution < -0.4 is 14.9 Å². The molecule has 0 aliphatic carbocycles.